The maximum absolute atomic E-state index is 11.6. The molecule has 0 saturated heterocycles. The van der Waals surface area contributed by atoms with Crippen LogP contribution in [0, 0.1) is 6.92 Å². The first kappa shape index (κ1) is 11.0. The summed E-state index contributed by atoms with van der Waals surface area (Å²) >= 11 is 0. The highest BCUT2D eigenvalue weighted by Crippen LogP contribution is 2.36. The number of nitrogens with zero attached hydrogens (tertiary/aromatic N) is 1. The molecule has 0 unspecified atom stereocenters. The van der Waals surface area contributed by atoms with Crippen molar-refractivity contribution in [1.82, 2.24) is 0 Å². The lowest BCUT2D eigenvalue weighted by molar-refractivity contribution is -0.115. The number of hydrogen-bond acceptors (Lipinski definition) is 2. The van der Waals surface area contributed by atoms with Gasteiger partial charge in [-0.15, -0.1) is 0 Å². The van der Waals surface area contributed by atoms with E-state index in [2.05, 4.69) is 44.0 Å². The number of aryl methyl sites for hydroxylation is 1. The van der Waals surface area contributed by atoms with E-state index in [4.69, 9.17) is 0 Å². The third-order valence-electron chi connectivity index (χ3n) is 2.89. The average Bonchev–Trinajstić information content (AvgIpc) is 2.15. The van der Waals surface area contributed by atoms with E-state index < -0.39 is 0 Å². The lowest BCUT2D eigenvalue weighted by atomic mass is 10.00. The summed E-state index contributed by atoms with van der Waals surface area (Å²) in [4.78, 5) is 13.8. The molecule has 1 aromatic carbocycles. The summed E-state index contributed by atoms with van der Waals surface area (Å²) in [6.07, 6.45) is 0. The molecule has 0 aromatic heterocycles. The molecule has 3 heteroatoms. The fourth-order valence-electron chi connectivity index (χ4n) is 2.10. The van der Waals surface area contributed by atoms with E-state index in [1.807, 2.05) is 12.1 Å². The number of carbonyl (C=O) groups excluding carboxylic acids is 1. The Morgan fingerprint density at radius 3 is 2.62 bits per heavy atom. The van der Waals surface area contributed by atoms with Gasteiger partial charge in [-0.1, -0.05) is 12.1 Å². The van der Waals surface area contributed by atoms with Gasteiger partial charge in [-0.3, -0.25) is 4.79 Å². The lowest BCUT2D eigenvalue weighted by Crippen LogP contribution is -2.49. The van der Waals surface area contributed by atoms with Gasteiger partial charge >= 0.3 is 0 Å². The summed E-state index contributed by atoms with van der Waals surface area (Å²) in [5, 5.41) is 2.92. The van der Waals surface area contributed by atoms with Gasteiger partial charge in [-0.05, 0) is 39.3 Å². The molecule has 1 N–H and O–H groups in total. The third-order valence-corrected chi connectivity index (χ3v) is 2.89. The minimum absolute atomic E-state index is 0.0430. The number of hydrogen-bond donors (Lipinski definition) is 1. The van der Waals surface area contributed by atoms with Crippen LogP contribution in [0.15, 0.2) is 18.2 Å². The molecule has 3 nitrogen and oxygen atoms in total. The number of anilines is 2. The number of rotatable bonds is 0. The van der Waals surface area contributed by atoms with Crippen LogP contribution < -0.4 is 10.2 Å². The summed E-state index contributed by atoms with van der Waals surface area (Å²) in [6.45, 7) is 8.89. The van der Waals surface area contributed by atoms with Gasteiger partial charge in [0.05, 0.1) is 17.9 Å². The molecule has 0 saturated carbocycles. The van der Waals surface area contributed by atoms with Crippen molar-refractivity contribution >= 4 is 17.3 Å². The Morgan fingerprint density at radius 2 is 2.00 bits per heavy atom. The van der Waals surface area contributed by atoms with Crippen molar-refractivity contribution in [2.45, 2.75) is 33.2 Å². The first-order chi connectivity index (χ1) is 7.39. The number of carbonyl (C=O) groups is 1. The van der Waals surface area contributed by atoms with Crippen molar-refractivity contribution in [3.8, 4) is 0 Å². The van der Waals surface area contributed by atoms with E-state index in [1.54, 1.807) is 0 Å². The predicted molar refractivity (Wildman–Crippen MR) is 66.9 cm³/mol. The van der Waals surface area contributed by atoms with Gasteiger partial charge in [0, 0.05) is 5.54 Å². The zero-order valence-electron chi connectivity index (χ0n) is 10.3. The molecule has 0 spiro atoms. The number of amides is 1. The predicted octanol–water partition coefficient (Wildman–Crippen LogP) is 2.55. The highest BCUT2D eigenvalue weighted by Gasteiger charge is 2.30. The number of benzene rings is 1. The Morgan fingerprint density at radius 1 is 1.31 bits per heavy atom. The maximum atomic E-state index is 11.6. The molecule has 0 aliphatic carbocycles. The van der Waals surface area contributed by atoms with Crippen molar-refractivity contribution in [3.63, 3.8) is 0 Å². The number of nitrogens with one attached hydrogen (secondary N) is 1. The van der Waals surface area contributed by atoms with Crippen LogP contribution in [-0.2, 0) is 4.79 Å². The maximum Gasteiger partial charge on any atom is 0.243 e. The van der Waals surface area contributed by atoms with Gasteiger partial charge in [-0.25, -0.2) is 0 Å². The van der Waals surface area contributed by atoms with Crippen LogP contribution in [0.2, 0.25) is 0 Å². The lowest BCUT2D eigenvalue weighted by Gasteiger charge is -2.41. The van der Waals surface area contributed by atoms with Gasteiger partial charge in [-0.2, -0.15) is 0 Å². The van der Waals surface area contributed by atoms with Crippen LogP contribution in [-0.4, -0.2) is 18.0 Å². The standard InChI is InChI=1S/C13H18N2O/c1-9-6-5-7-10-12(9)15(13(2,3)4)8-11(16)14-10/h5-7H,8H2,1-4H3,(H,14,16). The smallest absolute Gasteiger partial charge is 0.243 e. The second-order valence-corrected chi connectivity index (χ2v) is 5.28. The summed E-state index contributed by atoms with van der Waals surface area (Å²) < 4.78 is 0. The molecule has 1 aromatic rings. The second kappa shape index (κ2) is 3.51. The number of para-hydroxylation sites is 1. The van der Waals surface area contributed by atoms with Gasteiger partial charge in [0.25, 0.3) is 0 Å². The van der Waals surface area contributed by atoms with Crippen molar-refractivity contribution in [3.05, 3.63) is 23.8 Å². The van der Waals surface area contributed by atoms with Crippen molar-refractivity contribution in [2.75, 3.05) is 16.8 Å². The molecule has 2 rings (SSSR count). The molecule has 0 atom stereocenters. The molecule has 1 heterocycles. The highest BCUT2D eigenvalue weighted by molar-refractivity contribution is 6.02. The third kappa shape index (κ3) is 1.77. The fraction of sp³-hybridized carbons (Fsp3) is 0.462. The summed E-state index contributed by atoms with van der Waals surface area (Å²) in [5.74, 6) is 0.0630. The van der Waals surface area contributed by atoms with Gasteiger partial charge in [0.15, 0.2) is 0 Å². The van der Waals surface area contributed by atoms with Gasteiger partial charge in [0.2, 0.25) is 5.91 Å². The van der Waals surface area contributed by atoms with E-state index in [-0.39, 0.29) is 11.4 Å². The van der Waals surface area contributed by atoms with E-state index in [1.165, 1.54) is 5.56 Å². The minimum Gasteiger partial charge on any atom is -0.355 e. The first-order valence-corrected chi connectivity index (χ1v) is 5.57. The average molecular weight is 218 g/mol. The molecule has 1 aliphatic rings. The van der Waals surface area contributed by atoms with Crippen LogP contribution in [0.1, 0.15) is 26.3 Å². The largest absolute Gasteiger partial charge is 0.355 e. The van der Waals surface area contributed by atoms with E-state index >= 15 is 0 Å². The zero-order valence-corrected chi connectivity index (χ0v) is 10.3. The Labute approximate surface area is 96.5 Å². The fourth-order valence-corrected chi connectivity index (χ4v) is 2.10. The Bertz CT molecular complexity index is 432. The topological polar surface area (TPSA) is 32.3 Å². The highest BCUT2D eigenvalue weighted by atomic mass is 16.2. The molecule has 0 bridgehead atoms. The SMILES string of the molecule is Cc1cccc2c1N(C(C)(C)C)CC(=O)N2. The Kier molecular flexibility index (Phi) is 2.41. The molecular weight excluding hydrogens is 200 g/mol. The quantitative estimate of drug-likeness (QED) is 0.725. The van der Waals surface area contributed by atoms with Crippen molar-refractivity contribution < 1.29 is 4.79 Å². The van der Waals surface area contributed by atoms with Crippen LogP contribution in [0.5, 0.6) is 0 Å². The van der Waals surface area contributed by atoms with E-state index in [0.717, 1.165) is 11.4 Å². The summed E-state index contributed by atoms with van der Waals surface area (Å²) in [6, 6.07) is 6.01. The summed E-state index contributed by atoms with van der Waals surface area (Å²) in [7, 11) is 0. The van der Waals surface area contributed by atoms with Crippen LogP contribution >= 0.6 is 0 Å². The van der Waals surface area contributed by atoms with Crippen molar-refractivity contribution in [2.24, 2.45) is 0 Å². The molecule has 1 aliphatic heterocycles. The molecule has 86 valence electrons. The molecule has 0 fully saturated rings. The Hall–Kier alpha value is -1.51. The van der Waals surface area contributed by atoms with Crippen LogP contribution in [0.4, 0.5) is 11.4 Å². The van der Waals surface area contributed by atoms with Crippen LogP contribution in [0.3, 0.4) is 0 Å². The van der Waals surface area contributed by atoms with Crippen LogP contribution in [0.25, 0.3) is 0 Å². The molecule has 0 radical (unpaired) electrons. The van der Waals surface area contributed by atoms with E-state index in [0.29, 0.717) is 6.54 Å². The minimum atomic E-state index is -0.0430. The molecule has 1 amide bonds. The second-order valence-electron chi connectivity index (χ2n) is 5.28. The van der Waals surface area contributed by atoms with E-state index in [9.17, 15) is 4.79 Å². The summed E-state index contributed by atoms with van der Waals surface area (Å²) in [5.41, 5.74) is 3.23. The molecular formula is C13H18N2O. The molecule has 16 heavy (non-hydrogen) atoms. The number of fused-ring (bicyclic) bond motifs is 1. The first-order valence-electron chi connectivity index (χ1n) is 5.57. The van der Waals surface area contributed by atoms with Gasteiger partial charge in [0.1, 0.15) is 0 Å². The van der Waals surface area contributed by atoms with Gasteiger partial charge < -0.3 is 10.2 Å². The monoisotopic (exact) mass is 218 g/mol. The Balaban J connectivity index is 2.56. The van der Waals surface area contributed by atoms with Crippen molar-refractivity contribution in [1.29, 1.82) is 0 Å². The normalized spacial score (nSPS) is 15.8. The zero-order chi connectivity index (χ0) is 11.9.